The zero-order chi connectivity index (χ0) is 37.1. The predicted octanol–water partition coefficient (Wildman–Crippen LogP) is 12.8. The van der Waals surface area contributed by atoms with Crippen LogP contribution in [-0.4, -0.2) is 15.0 Å². The molecular weight excluding hydrogens is 683 g/mol. The predicted molar refractivity (Wildman–Crippen MR) is 226 cm³/mol. The van der Waals surface area contributed by atoms with Gasteiger partial charge in [-0.05, 0) is 74.8 Å². The second-order valence-electron chi connectivity index (χ2n) is 14.3. The van der Waals surface area contributed by atoms with Crippen molar-refractivity contribution in [3.05, 3.63) is 222 Å². The van der Waals surface area contributed by atoms with E-state index in [4.69, 9.17) is 19.4 Å². The van der Waals surface area contributed by atoms with Crippen LogP contribution in [0.3, 0.4) is 0 Å². The second-order valence-corrected chi connectivity index (χ2v) is 14.3. The molecule has 2 aromatic heterocycles. The molecule has 0 saturated heterocycles. The summed E-state index contributed by atoms with van der Waals surface area (Å²) in [5.41, 5.74) is 13.9. The fourth-order valence-corrected chi connectivity index (χ4v) is 8.76. The minimum absolute atomic E-state index is 0.465. The van der Waals surface area contributed by atoms with Crippen LogP contribution in [0.4, 0.5) is 0 Å². The van der Waals surface area contributed by atoms with Crippen molar-refractivity contribution in [2.45, 2.75) is 5.41 Å². The summed E-state index contributed by atoms with van der Waals surface area (Å²) < 4.78 is 6.46. The average Bonchev–Trinajstić information content (AvgIpc) is 3.80. The minimum Gasteiger partial charge on any atom is -0.456 e. The van der Waals surface area contributed by atoms with Crippen molar-refractivity contribution in [3.63, 3.8) is 0 Å². The fourth-order valence-electron chi connectivity index (χ4n) is 8.76. The molecule has 2 heterocycles. The summed E-state index contributed by atoms with van der Waals surface area (Å²) in [5.74, 6) is 1.88. The van der Waals surface area contributed by atoms with E-state index in [0.29, 0.717) is 17.5 Å². The maximum absolute atomic E-state index is 6.46. The van der Waals surface area contributed by atoms with Gasteiger partial charge in [0.05, 0.1) is 5.41 Å². The molecule has 1 aliphatic carbocycles. The molecule has 0 atom stereocenters. The van der Waals surface area contributed by atoms with E-state index in [2.05, 4.69) is 127 Å². The Hall–Kier alpha value is -7.43. The lowest BCUT2D eigenvalue weighted by atomic mass is 9.67. The molecule has 56 heavy (non-hydrogen) atoms. The van der Waals surface area contributed by atoms with E-state index in [1.807, 2.05) is 72.8 Å². The number of fused-ring (bicyclic) bond motifs is 6. The number of nitrogens with zero attached hydrogens (tertiary/aromatic N) is 3. The van der Waals surface area contributed by atoms with Gasteiger partial charge in [-0.2, -0.15) is 0 Å². The topological polar surface area (TPSA) is 51.8 Å². The van der Waals surface area contributed by atoms with E-state index in [1.165, 1.54) is 38.9 Å². The molecule has 0 unspecified atom stereocenters. The van der Waals surface area contributed by atoms with Crippen molar-refractivity contribution in [1.29, 1.82) is 0 Å². The van der Waals surface area contributed by atoms with Crippen LogP contribution in [0.15, 0.2) is 205 Å². The van der Waals surface area contributed by atoms with Crippen LogP contribution in [0.25, 0.3) is 78.4 Å². The SMILES string of the molecule is c1ccc(-c2nc(-c3ccccc3)nc(-c3ccc4oc5ccc(-c6cccc7c6-c6ccccc6C7(c6ccccc6)c6ccccc6)cc5c4c3)n2)cc1. The van der Waals surface area contributed by atoms with Gasteiger partial charge in [0.2, 0.25) is 0 Å². The molecule has 262 valence electrons. The largest absolute Gasteiger partial charge is 0.456 e. The van der Waals surface area contributed by atoms with Gasteiger partial charge in [0.15, 0.2) is 17.5 Å². The van der Waals surface area contributed by atoms with Gasteiger partial charge in [0, 0.05) is 27.5 Å². The minimum atomic E-state index is -0.465. The monoisotopic (exact) mass is 715 g/mol. The van der Waals surface area contributed by atoms with E-state index < -0.39 is 5.41 Å². The molecule has 10 aromatic rings. The molecule has 0 amide bonds. The highest BCUT2D eigenvalue weighted by atomic mass is 16.3. The third-order valence-corrected chi connectivity index (χ3v) is 11.2. The second kappa shape index (κ2) is 12.9. The highest BCUT2D eigenvalue weighted by Crippen LogP contribution is 2.58. The lowest BCUT2D eigenvalue weighted by molar-refractivity contribution is 0.669. The molecule has 0 fully saturated rings. The highest BCUT2D eigenvalue weighted by Gasteiger charge is 2.46. The first-order valence-electron chi connectivity index (χ1n) is 18.9. The molecule has 0 bridgehead atoms. The zero-order valence-corrected chi connectivity index (χ0v) is 30.3. The Morgan fingerprint density at radius 2 is 0.786 bits per heavy atom. The van der Waals surface area contributed by atoms with Gasteiger partial charge in [-0.3, -0.25) is 0 Å². The van der Waals surface area contributed by atoms with Crippen molar-refractivity contribution in [2.24, 2.45) is 0 Å². The quantitative estimate of drug-likeness (QED) is 0.172. The molecule has 0 saturated carbocycles. The summed E-state index contributed by atoms with van der Waals surface area (Å²) >= 11 is 0. The van der Waals surface area contributed by atoms with Crippen LogP contribution in [0.5, 0.6) is 0 Å². The van der Waals surface area contributed by atoms with E-state index in [-0.39, 0.29) is 0 Å². The van der Waals surface area contributed by atoms with Crippen molar-refractivity contribution in [3.8, 4) is 56.4 Å². The molecule has 0 radical (unpaired) electrons. The lowest BCUT2D eigenvalue weighted by Gasteiger charge is -2.34. The van der Waals surface area contributed by atoms with Gasteiger partial charge in [-0.25, -0.2) is 15.0 Å². The van der Waals surface area contributed by atoms with Crippen molar-refractivity contribution in [2.75, 3.05) is 0 Å². The summed E-state index contributed by atoms with van der Waals surface area (Å²) in [6, 6.07) is 70.6. The molecular formula is C52H33N3O. The highest BCUT2D eigenvalue weighted by molar-refractivity contribution is 6.08. The van der Waals surface area contributed by atoms with Gasteiger partial charge in [0.1, 0.15) is 11.2 Å². The Morgan fingerprint density at radius 3 is 1.38 bits per heavy atom. The number of benzene rings is 8. The first-order valence-corrected chi connectivity index (χ1v) is 18.9. The molecule has 11 rings (SSSR count). The summed E-state index contributed by atoms with van der Waals surface area (Å²) in [4.78, 5) is 14.9. The van der Waals surface area contributed by atoms with E-state index in [0.717, 1.165) is 44.2 Å². The average molecular weight is 716 g/mol. The van der Waals surface area contributed by atoms with Gasteiger partial charge < -0.3 is 4.42 Å². The maximum atomic E-state index is 6.46. The van der Waals surface area contributed by atoms with Crippen molar-refractivity contribution in [1.82, 2.24) is 15.0 Å². The number of hydrogen-bond acceptors (Lipinski definition) is 4. The Kier molecular flexibility index (Phi) is 7.36. The Balaban J connectivity index is 1.10. The number of furan rings is 1. The Bertz CT molecular complexity index is 2970. The van der Waals surface area contributed by atoms with E-state index in [9.17, 15) is 0 Å². The Morgan fingerprint density at radius 1 is 0.339 bits per heavy atom. The van der Waals surface area contributed by atoms with Gasteiger partial charge in [0.25, 0.3) is 0 Å². The van der Waals surface area contributed by atoms with E-state index >= 15 is 0 Å². The zero-order valence-electron chi connectivity index (χ0n) is 30.3. The van der Waals surface area contributed by atoms with E-state index in [1.54, 1.807) is 0 Å². The molecule has 0 N–H and O–H groups in total. The number of hydrogen-bond donors (Lipinski definition) is 0. The van der Waals surface area contributed by atoms with Crippen LogP contribution in [0, 0.1) is 0 Å². The standard InChI is InChI=1S/C52H33N3O/c1-5-16-34(17-6-1)49-53-50(35-18-7-2-8-19-35)55-51(54-49)37-29-31-47-43(33-37)42-32-36(28-30-46(42)56-47)40-25-15-27-45-48(40)41-24-13-14-26-44(41)52(45,38-20-9-3-10-21-38)39-22-11-4-12-23-39/h1-33H. The van der Waals surface area contributed by atoms with Crippen LogP contribution >= 0.6 is 0 Å². The summed E-state index contributed by atoms with van der Waals surface area (Å²) in [6.07, 6.45) is 0. The summed E-state index contributed by atoms with van der Waals surface area (Å²) in [7, 11) is 0. The summed E-state index contributed by atoms with van der Waals surface area (Å²) in [6.45, 7) is 0. The molecule has 8 aromatic carbocycles. The first kappa shape index (κ1) is 32.0. The van der Waals surface area contributed by atoms with Crippen LogP contribution in [0.2, 0.25) is 0 Å². The molecule has 4 nitrogen and oxygen atoms in total. The molecule has 0 spiro atoms. The van der Waals surface area contributed by atoms with Crippen molar-refractivity contribution >= 4 is 21.9 Å². The molecule has 4 heteroatoms. The molecule has 0 aliphatic heterocycles. The van der Waals surface area contributed by atoms with Gasteiger partial charge in [-0.1, -0.05) is 170 Å². The van der Waals surface area contributed by atoms with Gasteiger partial charge >= 0.3 is 0 Å². The third-order valence-electron chi connectivity index (χ3n) is 11.2. The van der Waals surface area contributed by atoms with Crippen LogP contribution in [0.1, 0.15) is 22.3 Å². The van der Waals surface area contributed by atoms with Crippen LogP contribution in [-0.2, 0) is 5.41 Å². The van der Waals surface area contributed by atoms with Crippen molar-refractivity contribution < 1.29 is 4.42 Å². The van der Waals surface area contributed by atoms with Gasteiger partial charge in [-0.15, -0.1) is 0 Å². The maximum Gasteiger partial charge on any atom is 0.164 e. The first-order chi connectivity index (χ1) is 27.8. The smallest absolute Gasteiger partial charge is 0.164 e. The molecule has 1 aliphatic rings. The lowest BCUT2D eigenvalue weighted by Crippen LogP contribution is -2.28. The number of rotatable bonds is 6. The fraction of sp³-hybridized carbons (Fsp3) is 0.0192. The summed E-state index contributed by atoms with van der Waals surface area (Å²) in [5, 5.41) is 2.06. The Labute approximate surface area is 324 Å². The number of aromatic nitrogens is 3. The normalized spacial score (nSPS) is 12.8. The van der Waals surface area contributed by atoms with Crippen LogP contribution < -0.4 is 0 Å². The third kappa shape index (κ3) is 4.96.